The van der Waals surface area contributed by atoms with E-state index in [1.807, 2.05) is 0 Å². The summed E-state index contributed by atoms with van der Waals surface area (Å²) in [4.78, 5) is 19.9. The molecule has 3 nitrogen and oxygen atoms in total. The van der Waals surface area contributed by atoms with E-state index in [2.05, 4.69) is 0 Å². The van der Waals surface area contributed by atoms with Gasteiger partial charge < -0.3 is 9.90 Å². The van der Waals surface area contributed by atoms with Crippen LogP contribution in [-0.4, -0.2) is 11.8 Å². The molecule has 0 heterocycles. The molecule has 0 aliphatic rings. The van der Waals surface area contributed by atoms with E-state index in [0.29, 0.717) is 0 Å². The Morgan fingerprint density at radius 2 is 1.67 bits per heavy atom. The van der Waals surface area contributed by atoms with Gasteiger partial charge in [0.05, 0.1) is 0 Å². The maximum absolute atomic E-state index is 10.2. The summed E-state index contributed by atoms with van der Waals surface area (Å²) in [7, 11) is 0. The second-order valence-electron chi connectivity index (χ2n) is 1.81. The van der Waals surface area contributed by atoms with Gasteiger partial charge in [-0.2, -0.15) is 0 Å². The Hall–Kier alpha value is 0.140. The van der Waals surface area contributed by atoms with Crippen LogP contribution in [0.4, 0.5) is 0 Å². The zero-order valence-electron chi connectivity index (χ0n) is 5.80. The number of rotatable bonds is 2. The summed E-state index contributed by atoms with van der Waals surface area (Å²) in [5.41, 5.74) is 0. The molecule has 4 heteroatoms. The van der Waals surface area contributed by atoms with E-state index in [-0.39, 0.29) is 29.6 Å². The number of carboxylic acid groups (broad SMARTS) is 1. The van der Waals surface area contributed by atoms with Gasteiger partial charge in [-0.05, 0) is 0 Å². The van der Waals surface area contributed by atoms with Crippen molar-refractivity contribution in [3.8, 4) is 0 Å². The molecular formula is C5H7NaO3. The van der Waals surface area contributed by atoms with Gasteiger partial charge in [-0.3, -0.25) is 4.79 Å². The molecule has 0 unspecified atom stereocenters. The first kappa shape index (κ1) is 11.9. The minimum Gasteiger partial charge on any atom is -0.542 e. The Bertz CT molecular complexity index is 119. The van der Waals surface area contributed by atoms with Crippen LogP contribution in [0.25, 0.3) is 0 Å². The van der Waals surface area contributed by atoms with Crippen molar-refractivity contribution in [2.75, 3.05) is 0 Å². The van der Waals surface area contributed by atoms with Crippen LogP contribution in [0.1, 0.15) is 13.8 Å². The summed E-state index contributed by atoms with van der Waals surface area (Å²) in [5, 5.41) is 9.68. The van der Waals surface area contributed by atoms with E-state index in [1.54, 1.807) is 0 Å². The van der Waals surface area contributed by atoms with Gasteiger partial charge in [-0.1, -0.05) is 13.8 Å². The molecule has 0 aromatic heterocycles. The molecule has 0 rings (SSSR count). The van der Waals surface area contributed by atoms with E-state index in [1.165, 1.54) is 13.8 Å². The second kappa shape index (κ2) is 4.97. The van der Waals surface area contributed by atoms with Crippen molar-refractivity contribution >= 4 is 11.8 Å². The van der Waals surface area contributed by atoms with E-state index >= 15 is 0 Å². The quantitative estimate of drug-likeness (QED) is 0.223. The van der Waals surface area contributed by atoms with Crippen LogP contribution >= 0.6 is 0 Å². The van der Waals surface area contributed by atoms with Crippen LogP contribution in [0.2, 0.25) is 0 Å². The standard InChI is InChI=1S/C5H8O3.Na/c1-3(2)4(6)5(7)8;/h3H,1-2H3,(H,7,8);/q;+1/p-1/i1+1,2+1;. The van der Waals surface area contributed by atoms with Gasteiger partial charge in [-0.15, -0.1) is 0 Å². The minimum absolute atomic E-state index is 0. The minimum atomic E-state index is -1.60. The van der Waals surface area contributed by atoms with Gasteiger partial charge >= 0.3 is 29.6 Å². The van der Waals surface area contributed by atoms with E-state index < -0.39 is 17.7 Å². The summed E-state index contributed by atoms with van der Waals surface area (Å²) in [6.07, 6.45) is 0. The SMILES string of the molecule is [13CH3]C([13CH3])C(=O)C(=O)[O-].[Na+]. The predicted octanol–water partition coefficient (Wildman–Crippen LogP) is -4.03. The molecule has 0 amide bonds. The summed E-state index contributed by atoms with van der Waals surface area (Å²) in [6, 6.07) is 0. The molecule has 0 spiro atoms. The van der Waals surface area contributed by atoms with Gasteiger partial charge in [0.15, 0.2) is 5.78 Å². The number of hydrogen-bond donors (Lipinski definition) is 0. The monoisotopic (exact) mass is 140 g/mol. The van der Waals surface area contributed by atoms with Crippen molar-refractivity contribution in [3.63, 3.8) is 0 Å². The van der Waals surface area contributed by atoms with Crippen LogP contribution in [0.5, 0.6) is 0 Å². The third-order valence-electron chi connectivity index (χ3n) is 0.726. The summed E-state index contributed by atoms with van der Waals surface area (Å²) in [5.74, 6) is -2.90. The molecule has 0 saturated carbocycles. The average molecular weight is 140 g/mol. The van der Waals surface area contributed by atoms with Crippen LogP contribution in [-0.2, 0) is 9.59 Å². The van der Waals surface area contributed by atoms with Crippen LogP contribution < -0.4 is 34.7 Å². The first-order valence-electron chi connectivity index (χ1n) is 2.31. The van der Waals surface area contributed by atoms with Crippen LogP contribution in [0.15, 0.2) is 0 Å². The molecule has 9 heavy (non-hydrogen) atoms. The third-order valence-corrected chi connectivity index (χ3v) is 0.726. The Balaban J connectivity index is 0. The molecule has 0 saturated heterocycles. The molecule has 0 fully saturated rings. The molecule has 0 N–H and O–H groups in total. The first-order valence-corrected chi connectivity index (χ1v) is 2.31. The fourth-order valence-corrected chi connectivity index (χ4v) is 0.236. The topological polar surface area (TPSA) is 57.2 Å². The van der Waals surface area contributed by atoms with Crippen molar-refractivity contribution in [2.45, 2.75) is 13.8 Å². The Labute approximate surface area is 75.7 Å². The number of Topliss-reactive ketones (excluding diaryl/α,β-unsaturated/α-hetero) is 1. The van der Waals surface area contributed by atoms with Crippen molar-refractivity contribution in [1.29, 1.82) is 0 Å². The molecule has 0 atom stereocenters. The molecule has 0 radical (unpaired) electrons. The van der Waals surface area contributed by atoms with Gasteiger partial charge in [0.25, 0.3) is 0 Å². The summed E-state index contributed by atoms with van der Waals surface area (Å²) >= 11 is 0. The largest absolute Gasteiger partial charge is 1.00 e. The maximum atomic E-state index is 10.2. The van der Waals surface area contributed by atoms with E-state index in [0.717, 1.165) is 0 Å². The maximum Gasteiger partial charge on any atom is 1.00 e. The first-order chi connectivity index (χ1) is 3.55. The number of carbonyl (C=O) groups is 2. The number of carbonyl (C=O) groups excluding carboxylic acids is 2. The van der Waals surface area contributed by atoms with E-state index in [4.69, 9.17) is 0 Å². The zero-order valence-corrected chi connectivity index (χ0v) is 7.80. The Kier molecular flexibility index (Phi) is 6.56. The Morgan fingerprint density at radius 1 is 1.33 bits per heavy atom. The zero-order chi connectivity index (χ0) is 6.73. The van der Waals surface area contributed by atoms with E-state index in [9.17, 15) is 14.7 Å². The predicted molar refractivity (Wildman–Crippen MR) is 24.9 cm³/mol. The van der Waals surface area contributed by atoms with Crippen molar-refractivity contribution in [2.24, 2.45) is 5.92 Å². The molecule has 0 aliphatic heterocycles. The average Bonchev–Trinajstić information content (AvgIpc) is 1.64. The fraction of sp³-hybridized carbons (Fsp3) is 0.600. The molecular weight excluding hydrogens is 133 g/mol. The summed E-state index contributed by atoms with van der Waals surface area (Å²) < 4.78 is 0. The smallest absolute Gasteiger partial charge is 0.542 e. The summed E-state index contributed by atoms with van der Waals surface area (Å²) in [6.45, 7) is 3.02. The number of carboxylic acids is 1. The second-order valence-corrected chi connectivity index (χ2v) is 1.81. The normalized spacial score (nSPS) is 8.33. The van der Waals surface area contributed by atoms with Gasteiger partial charge in [0.2, 0.25) is 0 Å². The number of ketones is 1. The van der Waals surface area contributed by atoms with Gasteiger partial charge in [0.1, 0.15) is 5.97 Å². The van der Waals surface area contributed by atoms with Crippen molar-refractivity contribution < 1.29 is 44.3 Å². The molecule has 0 bridgehead atoms. The van der Waals surface area contributed by atoms with Crippen LogP contribution in [0.3, 0.4) is 0 Å². The Morgan fingerprint density at radius 3 is 1.67 bits per heavy atom. The molecule has 46 valence electrons. The van der Waals surface area contributed by atoms with Crippen LogP contribution in [0, 0.1) is 5.92 Å². The van der Waals surface area contributed by atoms with Crippen molar-refractivity contribution in [1.82, 2.24) is 0 Å². The fourth-order valence-electron chi connectivity index (χ4n) is 0.236. The number of aliphatic carboxylic acids is 1. The van der Waals surface area contributed by atoms with Gasteiger partial charge in [-0.25, -0.2) is 0 Å². The molecule has 0 aromatic rings. The van der Waals surface area contributed by atoms with Crippen molar-refractivity contribution in [3.05, 3.63) is 0 Å². The molecule has 0 aromatic carbocycles. The molecule has 0 aliphatic carbocycles. The van der Waals surface area contributed by atoms with Gasteiger partial charge in [0, 0.05) is 5.92 Å². The third kappa shape index (κ3) is 4.63. The number of hydrogen-bond acceptors (Lipinski definition) is 3.